The van der Waals surface area contributed by atoms with Crippen LogP contribution in [0.1, 0.15) is 29.3 Å². The van der Waals surface area contributed by atoms with E-state index in [4.69, 9.17) is 9.84 Å². The number of benzene rings is 2. The molecule has 0 aliphatic rings. The molecule has 0 bridgehead atoms. The number of amides is 1. The molecular weight excluding hydrogens is 398 g/mol. The maximum atomic E-state index is 13.9. The van der Waals surface area contributed by atoms with Crippen molar-refractivity contribution < 1.29 is 9.53 Å². The van der Waals surface area contributed by atoms with Gasteiger partial charge in [0.1, 0.15) is 11.3 Å². The zero-order chi connectivity index (χ0) is 22.3. The maximum absolute atomic E-state index is 13.9. The average molecular weight is 424 g/mol. The molecule has 0 aliphatic carbocycles. The summed E-state index contributed by atoms with van der Waals surface area (Å²) >= 11 is 0. The first-order valence-corrected chi connectivity index (χ1v) is 10.7. The van der Waals surface area contributed by atoms with Crippen LogP contribution in [0.2, 0.25) is 0 Å². The van der Waals surface area contributed by atoms with Crippen LogP contribution in [0.4, 0.5) is 0 Å². The first-order chi connectivity index (χ1) is 15.7. The van der Waals surface area contributed by atoms with Crippen molar-refractivity contribution in [2.75, 3.05) is 13.7 Å². The minimum Gasteiger partial charge on any atom is -0.480 e. The van der Waals surface area contributed by atoms with Crippen molar-refractivity contribution in [3.8, 4) is 22.8 Å². The van der Waals surface area contributed by atoms with Crippen molar-refractivity contribution in [3.05, 3.63) is 102 Å². The summed E-state index contributed by atoms with van der Waals surface area (Å²) in [6.07, 6.45) is 0.844. The molecule has 0 saturated carbocycles. The van der Waals surface area contributed by atoms with Gasteiger partial charge in [0.25, 0.3) is 5.91 Å². The molecule has 0 N–H and O–H groups in total. The fourth-order valence-corrected chi connectivity index (χ4v) is 3.71. The van der Waals surface area contributed by atoms with Gasteiger partial charge >= 0.3 is 0 Å². The second-order valence-electron chi connectivity index (χ2n) is 7.41. The monoisotopic (exact) mass is 423 g/mol. The molecule has 3 aromatic carbocycles. The van der Waals surface area contributed by atoms with Crippen LogP contribution in [0.3, 0.4) is 0 Å². The predicted octanol–water partition coefficient (Wildman–Crippen LogP) is 5.20. The van der Waals surface area contributed by atoms with Crippen LogP contribution in [0.5, 0.6) is 5.88 Å². The largest absolute Gasteiger partial charge is 0.480 e. The molecule has 0 unspecified atom stereocenters. The maximum Gasteiger partial charge on any atom is 0.261 e. The number of para-hydroxylation sites is 1. The van der Waals surface area contributed by atoms with Crippen molar-refractivity contribution in [3.63, 3.8) is 0 Å². The molecule has 160 valence electrons. The Hall–Kier alpha value is -4.04. The molecule has 0 spiro atoms. The van der Waals surface area contributed by atoms with Gasteiger partial charge < -0.3 is 9.64 Å². The van der Waals surface area contributed by atoms with Gasteiger partial charge in [-0.25, -0.2) is 0 Å². The van der Waals surface area contributed by atoms with Crippen LogP contribution in [0, 0.1) is 12.1 Å². The molecule has 5 nitrogen and oxygen atoms in total. The molecule has 0 radical (unpaired) electrons. The Kier molecular flexibility index (Phi) is 6.52. The Morgan fingerprint density at radius 2 is 1.75 bits per heavy atom. The van der Waals surface area contributed by atoms with E-state index < -0.39 is 0 Å². The number of nitrogens with zero attached hydrogens (tertiary/aromatic N) is 3. The third-order valence-electron chi connectivity index (χ3n) is 5.18. The summed E-state index contributed by atoms with van der Waals surface area (Å²) in [5.74, 6) is 0.302. The van der Waals surface area contributed by atoms with Gasteiger partial charge in [-0.2, -0.15) is 9.78 Å². The molecular formula is C27H25N3O2. The number of hydrogen-bond donors (Lipinski definition) is 0. The zero-order valence-electron chi connectivity index (χ0n) is 18.3. The summed E-state index contributed by atoms with van der Waals surface area (Å²) in [5.41, 5.74) is 3.70. The first kappa shape index (κ1) is 21.2. The SMILES string of the molecule is CCCN(Cc1ccccc1)C(=O)c1c(-c2cc#ccc2)nn(-c2ccccc2)c1OC. The molecule has 32 heavy (non-hydrogen) atoms. The number of methoxy groups -OCH3 is 1. The van der Waals surface area contributed by atoms with Gasteiger partial charge in [-0.05, 0) is 42.3 Å². The Balaban J connectivity index is 1.85. The highest BCUT2D eigenvalue weighted by Gasteiger charge is 2.30. The average Bonchev–Trinajstić information content (AvgIpc) is 3.25. The highest BCUT2D eigenvalue weighted by molar-refractivity contribution is 6.02. The Morgan fingerprint density at radius 3 is 2.38 bits per heavy atom. The van der Waals surface area contributed by atoms with E-state index in [2.05, 4.69) is 19.1 Å². The highest BCUT2D eigenvalue weighted by atomic mass is 16.5. The summed E-state index contributed by atoms with van der Waals surface area (Å²) in [6.45, 7) is 3.21. The van der Waals surface area contributed by atoms with E-state index >= 15 is 0 Å². The predicted molar refractivity (Wildman–Crippen MR) is 125 cm³/mol. The van der Waals surface area contributed by atoms with E-state index in [1.54, 1.807) is 23.9 Å². The van der Waals surface area contributed by atoms with Crippen LogP contribution < -0.4 is 4.74 Å². The minimum absolute atomic E-state index is 0.113. The lowest BCUT2D eigenvalue weighted by Gasteiger charge is -2.23. The summed E-state index contributed by atoms with van der Waals surface area (Å²) in [5, 5.41) is 4.80. The third kappa shape index (κ3) is 4.35. The molecule has 1 aromatic heterocycles. The molecule has 5 heteroatoms. The fraction of sp³-hybridized carbons (Fsp3) is 0.185. The van der Waals surface area contributed by atoms with Gasteiger partial charge in [-0.15, -0.1) is 0 Å². The van der Waals surface area contributed by atoms with Crippen LogP contribution in [0.25, 0.3) is 16.9 Å². The van der Waals surface area contributed by atoms with E-state index in [0.29, 0.717) is 30.2 Å². The summed E-state index contributed by atoms with van der Waals surface area (Å²) in [7, 11) is 1.57. The van der Waals surface area contributed by atoms with Crippen LogP contribution in [0.15, 0.2) is 78.9 Å². The number of hydrogen-bond acceptors (Lipinski definition) is 3. The number of ether oxygens (including phenoxy) is 1. The Bertz CT molecular complexity index is 1160. The summed E-state index contributed by atoms with van der Waals surface area (Å²) in [4.78, 5) is 15.8. The van der Waals surface area contributed by atoms with Crippen molar-refractivity contribution >= 4 is 5.91 Å². The van der Waals surface area contributed by atoms with Crippen molar-refractivity contribution in [2.45, 2.75) is 19.9 Å². The molecule has 0 aliphatic heterocycles. The molecule has 0 saturated heterocycles. The number of carbonyl (C=O) groups excluding carboxylic acids is 1. The van der Waals surface area contributed by atoms with Crippen LogP contribution >= 0.6 is 0 Å². The normalized spacial score (nSPS) is 10.4. The Morgan fingerprint density at radius 1 is 1.03 bits per heavy atom. The molecule has 1 heterocycles. The van der Waals surface area contributed by atoms with Gasteiger partial charge in [-0.1, -0.05) is 67.6 Å². The van der Waals surface area contributed by atoms with Crippen molar-refractivity contribution in [1.29, 1.82) is 0 Å². The lowest BCUT2D eigenvalue weighted by molar-refractivity contribution is 0.0740. The van der Waals surface area contributed by atoms with E-state index in [9.17, 15) is 4.79 Å². The van der Waals surface area contributed by atoms with E-state index in [-0.39, 0.29) is 5.91 Å². The lowest BCUT2D eigenvalue weighted by Crippen LogP contribution is -2.31. The van der Waals surface area contributed by atoms with Gasteiger partial charge in [0.2, 0.25) is 5.88 Å². The molecule has 0 fully saturated rings. The quantitative estimate of drug-likeness (QED) is 0.391. The second kappa shape index (κ2) is 9.84. The summed E-state index contributed by atoms with van der Waals surface area (Å²) < 4.78 is 7.45. The number of carbonyl (C=O) groups is 1. The van der Waals surface area contributed by atoms with Crippen LogP contribution in [-0.4, -0.2) is 34.2 Å². The van der Waals surface area contributed by atoms with E-state index in [1.165, 1.54) is 0 Å². The third-order valence-corrected chi connectivity index (χ3v) is 5.18. The van der Waals surface area contributed by atoms with Crippen LogP contribution in [-0.2, 0) is 6.54 Å². The second-order valence-corrected chi connectivity index (χ2v) is 7.41. The van der Waals surface area contributed by atoms with Gasteiger partial charge in [0, 0.05) is 18.7 Å². The topological polar surface area (TPSA) is 47.4 Å². The van der Waals surface area contributed by atoms with E-state index in [1.807, 2.05) is 71.6 Å². The number of aromatic nitrogens is 2. The molecule has 4 rings (SSSR count). The number of rotatable bonds is 8. The zero-order valence-corrected chi connectivity index (χ0v) is 18.3. The minimum atomic E-state index is -0.113. The molecule has 0 atom stereocenters. The van der Waals surface area contributed by atoms with Gasteiger partial charge in [0.05, 0.1) is 12.8 Å². The fourth-order valence-electron chi connectivity index (χ4n) is 3.71. The standard InChI is InChI=1S/C27H25N3O2/c1-3-19-29(20-21-13-7-4-8-14-21)26(31)24-25(22-15-9-5-10-16-22)28-30(27(24)32-2)23-17-11-6-12-18-23/h4,6-9,11-18H,3,19-20H2,1-2H3. The first-order valence-electron chi connectivity index (χ1n) is 10.7. The molecule has 1 amide bonds. The van der Waals surface area contributed by atoms with E-state index in [0.717, 1.165) is 23.2 Å². The molecule has 4 aromatic rings. The van der Waals surface area contributed by atoms with Gasteiger partial charge in [0.15, 0.2) is 0 Å². The highest BCUT2D eigenvalue weighted by Crippen LogP contribution is 2.33. The summed E-state index contributed by atoms with van der Waals surface area (Å²) in [6, 6.07) is 31.0. The van der Waals surface area contributed by atoms with Crippen molar-refractivity contribution in [1.82, 2.24) is 14.7 Å². The smallest absolute Gasteiger partial charge is 0.261 e. The Labute approximate surface area is 188 Å². The van der Waals surface area contributed by atoms with Crippen molar-refractivity contribution in [2.24, 2.45) is 0 Å². The lowest BCUT2D eigenvalue weighted by atomic mass is 10.1. The van der Waals surface area contributed by atoms with Gasteiger partial charge in [-0.3, -0.25) is 4.79 Å².